The molecule has 0 radical (unpaired) electrons. The molecule has 3 heteroatoms. The summed E-state index contributed by atoms with van der Waals surface area (Å²) in [6.07, 6.45) is 1.72. The highest BCUT2D eigenvalue weighted by Crippen LogP contribution is 2.20. The minimum Gasteiger partial charge on any atom is -0.392 e. The van der Waals surface area contributed by atoms with Crippen molar-refractivity contribution in [2.24, 2.45) is 0 Å². The number of nitrogens with one attached hydrogen (secondary N) is 1. The van der Waals surface area contributed by atoms with Gasteiger partial charge in [0.15, 0.2) is 0 Å². The number of hydrogen-bond acceptors (Lipinski definition) is 3. The van der Waals surface area contributed by atoms with Crippen LogP contribution in [-0.4, -0.2) is 10.1 Å². The first-order valence-corrected chi connectivity index (χ1v) is 5.67. The van der Waals surface area contributed by atoms with Gasteiger partial charge in [0.2, 0.25) is 0 Å². The second kappa shape index (κ2) is 5.46. The smallest absolute Gasteiger partial charge is 0.131 e. The fraction of sp³-hybridized carbons (Fsp3) is 0.214. The Bertz CT molecular complexity index is 471. The van der Waals surface area contributed by atoms with Crippen LogP contribution < -0.4 is 5.32 Å². The molecule has 0 saturated heterocycles. The zero-order valence-corrected chi connectivity index (χ0v) is 9.80. The van der Waals surface area contributed by atoms with E-state index < -0.39 is 0 Å². The lowest BCUT2D eigenvalue weighted by Gasteiger charge is -2.16. The van der Waals surface area contributed by atoms with Crippen LogP contribution >= 0.6 is 0 Å². The van der Waals surface area contributed by atoms with Gasteiger partial charge in [-0.3, -0.25) is 0 Å². The summed E-state index contributed by atoms with van der Waals surface area (Å²) in [5, 5.41) is 12.5. The van der Waals surface area contributed by atoms with Gasteiger partial charge in [0.1, 0.15) is 5.82 Å². The molecule has 3 nitrogen and oxygen atoms in total. The molecule has 2 N–H and O–H groups in total. The standard InChI is InChI=1S/C14H16N2O/c1-11(12-6-3-2-4-7-12)16-14-13(10-17)8-5-9-15-14/h2-9,11,17H,10H2,1H3,(H,15,16). The normalized spacial score (nSPS) is 12.1. The van der Waals surface area contributed by atoms with Crippen LogP contribution in [0.5, 0.6) is 0 Å². The van der Waals surface area contributed by atoms with Crippen molar-refractivity contribution in [1.82, 2.24) is 4.98 Å². The van der Waals surface area contributed by atoms with E-state index in [1.54, 1.807) is 6.20 Å². The third kappa shape index (κ3) is 2.82. The highest BCUT2D eigenvalue weighted by atomic mass is 16.3. The van der Waals surface area contributed by atoms with E-state index in [2.05, 4.69) is 29.4 Å². The molecular formula is C14H16N2O. The average molecular weight is 228 g/mol. The summed E-state index contributed by atoms with van der Waals surface area (Å²) in [7, 11) is 0. The number of aromatic nitrogens is 1. The van der Waals surface area contributed by atoms with Gasteiger partial charge in [0, 0.05) is 17.8 Å². The van der Waals surface area contributed by atoms with Crippen LogP contribution in [0.25, 0.3) is 0 Å². The average Bonchev–Trinajstić information content (AvgIpc) is 2.40. The predicted octanol–water partition coefficient (Wildman–Crippen LogP) is 2.75. The molecule has 0 aliphatic rings. The van der Waals surface area contributed by atoms with Gasteiger partial charge in [-0.2, -0.15) is 0 Å². The lowest BCUT2D eigenvalue weighted by atomic mass is 10.1. The second-order valence-electron chi connectivity index (χ2n) is 3.95. The van der Waals surface area contributed by atoms with E-state index in [1.165, 1.54) is 5.56 Å². The molecule has 0 saturated carbocycles. The highest BCUT2D eigenvalue weighted by Gasteiger charge is 2.07. The minimum atomic E-state index is -0.00230. The summed E-state index contributed by atoms with van der Waals surface area (Å²) < 4.78 is 0. The van der Waals surface area contributed by atoms with Gasteiger partial charge in [-0.15, -0.1) is 0 Å². The van der Waals surface area contributed by atoms with Gasteiger partial charge >= 0.3 is 0 Å². The molecule has 1 unspecified atom stereocenters. The van der Waals surface area contributed by atoms with Crippen molar-refractivity contribution in [3.8, 4) is 0 Å². The Hall–Kier alpha value is -1.87. The van der Waals surface area contributed by atoms with Crippen LogP contribution in [0.3, 0.4) is 0 Å². The van der Waals surface area contributed by atoms with Crippen LogP contribution in [-0.2, 0) is 6.61 Å². The van der Waals surface area contributed by atoms with Crippen molar-refractivity contribution in [2.45, 2.75) is 19.6 Å². The van der Waals surface area contributed by atoms with Crippen molar-refractivity contribution >= 4 is 5.82 Å². The lowest BCUT2D eigenvalue weighted by Crippen LogP contribution is -2.09. The summed E-state index contributed by atoms with van der Waals surface area (Å²) in [5.74, 6) is 0.742. The summed E-state index contributed by atoms with van der Waals surface area (Å²) >= 11 is 0. The SMILES string of the molecule is CC(Nc1ncccc1CO)c1ccccc1. The molecule has 2 aromatic rings. The first kappa shape index (κ1) is 11.6. The van der Waals surface area contributed by atoms with Crippen molar-refractivity contribution in [3.63, 3.8) is 0 Å². The Morgan fingerprint density at radius 2 is 1.94 bits per heavy atom. The third-order valence-corrected chi connectivity index (χ3v) is 2.71. The molecule has 0 amide bonds. The summed E-state index contributed by atoms with van der Waals surface area (Å²) in [6, 6.07) is 14.0. The molecule has 0 bridgehead atoms. The topological polar surface area (TPSA) is 45.2 Å². The first-order chi connectivity index (χ1) is 8.31. The first-order valence-electron chi connectivity index (χ1n) is 5.67. The molecule has 1 aromatic heterocycles. The van der Waals surface area contributed by atoms with E-state index in [1.807, 2.05) is 30.3 Å². The lowest BCUT2D eigenvalue weighted by molar-refractivity contribution is 0.282. The number of rotatable bonds is 4. The van der Waals surface area contributed by atoms with Gasteiger partial charge in [-0.05, 0) is 18.6 Å². The molecule has 2 rings (SSSR count). The number of hydrogen-bond donors (Lipinski definition) is 2. The van der Waals surface area contributed by atoms with Crippen molar-refractivity contribution in [1.29, 1.82) is 0 Å². The van der Waals surface area contributed by atoms with E-state index in [9.17, 15) is 5.11 Å². The van der Waals surface area contributed by atoms with Crippen LogP contribution in [0.2, 0.25) is 0 Å². The molecule has 0 aliphatic heterocycles. The molecule has 0 spiro atoms. The van der Waals surface area contributed by atoms with Crippen molar-refractivity contribution < 1.29 is 5.11 Å². The quantitative estimate of drug-likeness (QED) is 0.845. The van der Waals surface area contributed by atoms with E-state index >= 15 is 0 Å². The van der Waals surface area contributed by atoms with E-state index in [4.69, 9.17) is 0 Å². The number of aliphatic hydroxyl groups excluding tert-OH is 1. The van der Waals surface area contributed by atoms with Gasteiger partial charge < -0.3 is 10.4 Å². The summed E-state index contributed by atoms with van der Waals surface area (Å²) in [4.78, 5) is 4.24. The van der Waals surface area contributed by atoms with Crippen molar-refractivity contribution in [2.75, 3.05) is 5.32 Å². The number of benzene rings is 1. The molecule has 0 aliphatic carbocycles. The second-order valence-corrected chi connectivity index (χ2v) is 3.95. The largest absolute Gasteiger partial charge is 0.392 e. The third-order valence-electron chi connectivity index (χ3n) is 2.71. The Labute approximate surface area is 101 Å². The van der Waals surface area contributed by atoms with Crippen LogP contribution in [0, 0.1) is 0 Å². The van der Waals surface area contributed by atoms with Gasteiger partial charge in [0.05, 0.1) is 6.61 Å². The number of aliphatic hydroxyl groups is 1. The van der Waals surface area contributed by atoms with Crippen LogP contribution in [0.15, 0.2) is 48.7 Å². The molecule has 1 heterocycles. The molecule has 1 atom stereocenters. The maximum atomic E-state index is 9.22. The molecule has 88 valence electrons. The summed E-state index contributed by atoms with van der Waals surface area (Å²) in [6.45, 7) is 2.07. The zero-order chi connectivity index (χ0) is 12.1. The van der Waals surface area contributed by atoms with E-state index in [-0.39, 0.29) is 12.6 Å². The fourth-order valence-electron chi connectivity index (χ4n) is 1.73. The Kier molecular flexibility index (Phi) is 3.73. The monoisotopic (exact) mass is 228 g/mol. The molecule has 1 aromatic carbocycles. The van der Waals surface area contributed by atoms with E-state index in [0.717, 1.165) is 11.4 Å². The van der Waals surface area contributed by atoms with Gasteiger partial charge in [-0.1, -0.05) is 36.4 Å². The van der Waals surface area contributed by atoms with Gasteiger partial charge in [-0.25, -0.2) is 4.98 Å². The Morgan fingerprint density at radius 1 is 1.18 bits per heavy atom. The number of nitrogens with zero attached hydrogens (tertiary/aromatic N) is 1. The molecular weight excluding hydrogens is 212 g/mol. The Balaban J connectivity index is 2.16. The maximum Gasteiger partial charge on any atom is 0.131 e. The van der Waals surface area contributed by atoms with Crippen LogP contribution in [0.1, 0.15) is 24.1 Å². The predicted molar refractivity (Wildman–Crippen MR) is 68.6 cm³/mol. The minimum absolute atomic E-state index is 0.00230. The van der Waals surface area contributed by atoms with Crippen LogP contribution in [0.4, 0.5) is 5.82 Å². The van der Waals surface area contributed by atoms with E-state index in [0.29, 0.717) is 0 Å². The molecule has 0 fully saturated rings. The Morgan fingerprint density at radius 3 is 2.65 bits per heavy atom. The highest BCUT2D eigenvalue weighted by molar-refractivity contribution is 5.45. The fourth-order valence-corrected chi connectivity index (χ4v) is 1.73. The molecule has 17 heavy (non-hydrogen) atoms. The maximum absolute atomic E-state index is 9.22. The van der Waals surface area contributed by atoms with Crippen molar-refractivity contribution in [3.05, 3.63) is 59.8 Å². The zero-order valence-electron chi connectivity index (χ0n) is 9.80. The number of anilines is 1. The summed E-state index contributed by atoms with van der Waals surface area (Å²) in [5.41, 5.74) is 2.01. The van der Waals surface area contributed by atoms with Gasteiger partial charge in [0.25, 0.3) is 0 Å². The number of pyridine rings is 1.